The SMILES string of the molecule is COc1ccc(C(OC[C@H]2O[C@@H](n3cc(C)c(=O)[nH]c3=O)C[C@@H]2OP(=S)(Oc2ccc(Cl)cc2)OP(=O)(Oc2ccccc2)Oc2ccccc2)(c2ccccc2)c2ccc(OC)cc2)cc1. The minimum absolute atomic E-state index is 0.0576. The maximum atomic E-state index is 15.0. The van der Waals surface area contributed by atoms with Crippen molar-refractivity contribution in [1.82, 2.24) is 9.55 Å². The van der Waals surface area contributed by atoms with Gasteiger partial charge in [0.2, 0.25) is 0 Å². The van der Waals surface area contributed by atoms with Gasteiger partial charge in [0, 0.05) is 35.0 Å². The van der Waals surface area contributed by atoms with Gasteiger partial charge in [0.15, 0.2) is 0 Å². The molecule has 1 N–H and O–H groups in total. The number of hydrogen-bond acceptors (Lipinski definition) is 13. The second kappa shape index (κ2) is 20.9. The van der Waals surface area contributed by atoms with E-state index in [1.54, 1.807) is 106 Å². The molecule has 1 aliphatic rings. The Hall–Kier alpha value is -5.99. The van der Waals surface area contributed by atoms with Crippen LogP contribution in [-0.4, -0.2) is 42.6 Å². The Morgan fingerprint density at radius 3 is 1.69 bits per heavy atom. The summed E-state index contributed by atoms with van der Waals surface area (Å²) in [5.74, 6) is 1.72. The van der Waals surface area contributed by atoms with E-state index in [9.17, 15) is 9.59 Å². The van der Waals surface area contributed by atoms with Crippen molar-refractivity contribution in [3.8, 4) is 28.7 Å². The van der Waals surface area contributed by atoms with Gasteiger partial charge in [-0.05, 0) is 96.4 Å². The number of phosphoric ester groups is 1. The van der Waals surface area contributed by atoms with Crippen LogP contribution in [0.25, 0.3) is 0 Å². The van der Waals surface area contributed by atoms with Crippen molar-refractivity contribution in [3.05, 3.63) is 218 Å². The van der Waals surface area contributed by atoms with Gasteiger partial charge in [-0.3, -0.25) is 18.9 Å². The first-order chi connectivity index (χ1) is 32.4. The number of ether oxygens (including phenoxy) is 4. The van der Waals surface area contributed by atoms with Gasteiger partial charge < -0.3 is 32.5 Å². The van der Waals surface area contributed by atoms with E-state index in [1.165, 1.54) is 10.8 Å². The average molecular weight is 983 g/mol. The molecule has 1 saturated heterocycles. The molecule has 0 spiro atoms. The number of halogens is 1. The van der Waals surface area contributed by atoms with Gasteiger partial charge in [-0.15, -0.1) is 0 Å². The molecule has 1 aromatic heterocycles. The largest absolute Gasteiger partial charge is 0.595 e. The molecule has 0 amide bonds. The highest BCUT2D eigenvalue weighted by Crippen LogP contribution is 2.66. The molecule has 0 saturated carbocycles. The van der Waals surface area contributed by atoms with Crippen molar-refractivity contribution < 1.29 is 45.9 Å². The van der Waals surface area contributed by atoms with E-state index in [-0.39, 0.29) is 35.8 Å². The van der Waals surface area contributed by atoms with Crippen LogP contribution in [0.5, 0.6) is 28.7 Å². The highest BCUT2D eigenvalue weighted by molar-refractivity contribution is 8.09. The normalized spacial score (nSPS) is 17.0. The number of nitrogens with one attached hydrogen (secondary N) is 1. The van der Waals surface area contributed by atoms with Gasteiger partial charge in [-0.25, -0.2) is 9.36 Å². The highest BCUT2D eigenvalue weighted by Gasteiger charge is 2.48. The highest BCUT2D eigenvalue weighted by atomic mass is 35.5. The van der Waals surface area contributed by atoms with E-state index >= 15 is 4.57 Å². The summed E-state index contributed by atoms with van der Waals surface area (Å²) in [6, 6.07) is 47.5. The second-order valence-electron chi connectivity index (χ2n) is 15.1. The number of H-pyrrole nitrogens is 1. The molecule has 2 heterocycles. The molecular formula is C49H45ClN2O12P2S. The number of rotatable bonds is 19. The molecule has 6 aromatic carbocycles. The van der Waals surface area contributed by atoms with E-state index in [0.29, 0.717) is 16.5 Å². The zero-order valence-corrected chi connectivity index (χ0v) is 39.7. The van der Waals surface area contributed by atoms with E-state index in [4.69, 9.17) is 64.8 Å². The Bertz CT molecular complexity index is 2870. The van der Waals surface area contributed by atoms with Crippen molar-refractivity contribution in [2.24, 2.45) is 0 Å². The Kier molecular flexibility index (Phi) is 14.8. The van der Waals surface area contributed by atoms with Crippen LogP contribution in [0.15, 0.2) is 180 Å². The number of aromatic amines is 1. The van der Waals surface area contributed by atoms with Crippen LogP contribution in [-0.2, 0) is 40.3 Å². The van der Waals surface area contributed by atoms with E-state index < -0.39 is 49.8 Å². The van der Waals surface area contributed by atoms with Crippen LogP contribution < -0.4 is 34.3 Å². The van der Waals surface area contributed by atoms with Crippen LogP contribution in [0.1, 0.15) is 34.9 Å². The van der Waals surface area contributed by atoms with Gasteiger partial charge in [0.05, 0.1) is 20.8 Å². The lowest BCUT2D eigenvalue weighted by atomic mass is 9.80. The Morgan fingerprint density at radius 1 is 0.687 bits per heavy atom. The first-order valence-electron chi connectivity index (χ1n) is 20.9. The molecule has 7 aromatic rings. The molecule has 0 aliphatic carbocycles. The summed E-state index contributed by atoms with van der Waals surface area (Å²) >= 11 is 12.4. The summed E-state index contributed by atoms with van der Waals surface area (Å²) in [4.78, 5) is 28.3. The van der Waals surface area contributed by atoms with E-state index in [2.05, 4.69) is 4.98 Å². The number of hydrogen-bond donors (Lipinski definition) is 1. The maximum absolute atomic E-state index is 15.0. The topological polar surface area (TPSA) is 155 Å². The zero-order valence-electron chi connectivity index (χ0n) is 36.3. The molecule has 1 aliphatic heterocycles. The number of aromatic nitrogens is 2. The number of para-hydroxylation sites is 2. The molecule has 14 nitrogen and oxygen atoms in total. The number of benzene rings is 6. The van der Waals surface area contributed by atoms with Crippen LogP contribution in [0.3, 0.4) is 0 Å². The monoisotopic (exact) mass is 982 g/mol. The lowest BCUT2D eigenvalue weighted by Gasteiger charge is -2.37. The molecule has 18 heteroatoms. The summed E-state index contributed by atoms with van der Waals surface area (Å²) in [5, 5.41) is 0.412. The van der Waals surface area contributed by atoms with Crippen molar-refractivity contribution in [2.75, 3.05) is 20.8 Å². The fourth-order valence-corrected chi connectivity index (χ4v) is 12.2. The first-order valence-corrected chi connectivity index (χ1v) is 25.3. The van der Waals surface area contributed by atoms with Crippen molar-refractivity contribution >= 4 is 37.9 Å². The van der Waals surface area contributed by atoms with Crippen molar-refractivity contribution in [1.29, 1.82) is 0 Å². The fraction of sp³-hybridized carbons (Fsp3) is 0.184. The van der Waals surface area contributed by atoms with Crippen molar-refractivity contribution in [3.63, 3.8) is 0 Å². The number of phosphoric acid groups is 1. The smallest absolute Gasteiger partial charge is 0.497 e. The van der Waals surface area contributed by atoms with Crippen LogP contribution in [0.4, 0.5) is 0 Å². The lowest BCUT2D eigenvalue weighted by molar-refractivity contribution is -0.0922. The average Bonchev–Trinajstić information content (AvgIpc) is 3.73. The molecule has 1 unspecified atom stereocenters. The fourth-order valence-electron chi connectivity index (χ4n) is 7.46. The minimum Gasteiger partial charge on any atom is -0.497 e. The quantitative estimate of drug-likeness (QED) is 0.0604. The Balaban J connectivity index is 1.23. The first kappa shape index (κ1) is 47.5. The van der Waals surface area contributed by atoms with Gasteiger partial charge >= 0.3 is 20.2 Å². The lowest BCUT2D eigenvalue weighted by Crippen LogP contribution is -2.38. The third kappa shape index (κ3) is 11.2. The van der Waals surface area contributed by atoms with Gasteiger partial charge in [0.25, 0.3) is 5.56 Å². The summed E-state index contributed by atoms with van der Waals surface area (Å²) in [6.07, 6.45) is -1.85. The Labute approximate surface area is 396 Å². The number of aryl methyl sites for hydroxylation is 1. The summed E-state index contributed by atoms with van der Waals surface area (Å²) in [6.45, 7) is -3.01. The second-order valence-corrected chi connectivity index (χ2v) is 20.1. The maximum Gasteiger partial charge on any atom is 0.595 e. The molecule has 1 fully saturated rings. The predicted molar refractivity (Wildman–Crippen MR) is 257 cm³/mol. The number of methoxy groups -OCH3 is 2. The van der Waals surface area contributed by atoms with Crippen molar-refractivity contribution in [2.45, 2.75) is 37.4 Å². The molecule has 4 atom stereocenters. The van der Waals surface area contributed by atoms with Gasteiger partial charge in [0.1, 0.15) is 52.8 Å². The molecule has 67 heavy (non-hydrogen) atoms. The number of nitrogens with zero attached hydrogens (tertiary/aromatic N) is 1. The third-order valence-corrected chi connectivity index (χ3v) is 15.5. The Morgan fingerprint density at radius 2 is 1.16 bits per heavy atom. The molecule has 0 radical (unpaired) electrons. The molecular weight excluding hydrogens is 938 g/mol. The molecule has 0 bridgehead atoms. The minimum atomic E-state index is -4.80. The van der Waals surface area contributed by atoms with Crippen LogP contribution >= 0.6 is 26.1 Å². The summed E-state index contributed by atoms with van der Waals surface area (Å²) in [5.41, 5.74) is -0.0781. The van der Waals surface area contributed by atoms with Gasteiger partial charge in [-0.1, -0.05) is 103 Å². The van der Waals surface area contributed by atoms with Crippen LogP contribution in [0, 0.1) is 6.92 Å². The predicted octanol–water partition coefficient (Wildman–Crippen LogP) is 10.8. The van der Waals surface area contributed by atoms with E-state index in [0.717, 1.165) is 16.7 Å². The molecule has 346 valence electrons. The summed E-state index contributed by atoms with van der Waals surface area (Å²) in [7, 11) is -1.62. The van der Waals surface area contributed by atoms with Crippen LogP contribution in [0.2, 0.25) is 5.02 Å². The third-order valence-electron chi connectivity index (χ3n) is 10.7. The van der Waals surface area contributed by atoms with Gasteiger partial charge in [-0.2, -0.15) is 4.31 Å². The zero-order chi connectivity index (χ0) is 47.0. The van der Waals surface area contributed by atoms with E-state index in [1.807, 2.05) is 78.9 Å². The standard InChI is InChI=1S/C49H45ClN2O12P2S/c1-34-32-52(48(54)51-47(34)53)46-31-44(45(59-46)33-58-49(35-13-7-4-8-14-35,36-19-25-39(56-2)26-20-36)37-21-27-40(57-3)28-22-37)63-66(67,62-43-29-23-38(50)24-30-43)64-65(55,60-41-15-9-5-10-16-41)61-42-17-11-6-12-18-42/h4-30,32,44-46H,31,33H2,1-3H3,(H,51,53,54)/t44-,45+,46+,66?/m0/s1. The molecule has 8 rings (SSSR count). The summed E-state index contributed by atoms with van der Waals surface area (Å²) < 4.78 is 72.8.